The maximum Gasteiger partial charge on any atom is 0.193 e. The second-order valence-electron chi connectivity index (χ2n) is 6.58. The number of carbonyl (C=O) groups excluding carboxylic acids is 1. The van der Waals surface area contributed by atoms with Crippen molar-refractivity contribution < 1.29 is 18.0 Å². The maximum absolute atomic E-state index is 14.4. The van der Waals surface area contributed by atoms with Crippen molar-refractivity contribution in [2.45, 2.75) is 0 Å². The maximum atomic E-state index is 14.4. The van der Waals surface area contributed by atoms with Crippen molar-refractivity contribution in [1.82, 2.24) is 0 Å². The van der Waals surface area contributed by atoms with E-state index in [-0.39, 0.29) is 28.6 Å². The zero-order valence-electron chi connectivity index (χ0n) is 15.2. The van der Waals surface area contributed by atoms with Crippen LogP contribution in [0.1, 0.15) is 27.0 Å². The molecule has 142 valence electrons. The van der Waals surface area contributed by atoms with Gasteiger partial charge in [0, 0.05) is 16.7 Å². The van der Waals surface area contributed by atoms with Crippen LogP contribution in [0.4, 0.5) is 13.2 Å². The van der Waals surface area contributed by atoms with Crippen molar-refractivity contribution in [3.8, 4) is 0 Å². The van der Waals surface area contributed by atoms with Gasteiger partial charge < -0.3 is 0 Å². The summed E-state index contributed by atoms with van der Waals surface area (Å²) in [5, 5.41) is 0. The van der Waals surface area contributed by atoms with E-state index in [9.17, 15) is 18.0 Å². The van der Waals surface area contributed by atoms with Crippen LogP contribution in [0.5, 0.6) is 0 Å². The number of benzene rings is 3. The van der Waals surface area contributed by atoms with Gasteiger partial charge in [0.25, 0.3) is 0 Å². The number of allylic oxidation sites excluding steroid dienone is 4. The summed E-state index contributed by atoms with van der Waals surface area (Å²) in [5.74, 6) is -1.52. The third-order valence-electron chi connectivity index (χ3n) is 4.71. The van der Waals surface area contributed by atoms with Crippen molar-refractivity contribution >= 4 is 17.2 Å². The molecule has 4 heteroatoms. The highest BCUT2D eigenvalue weighted by Gasteiger charge is 2.22. The van der Waals surface area contributed by atoms with Gasteiger partial charge >= 0.3 is 0 Å². The first-order chi connectivity index (χ1) is 14.0. The zero-order valence-corrected chi connectivity index (χ0v) is 15.2. The van der Waals surface area contributed by atoms with Crippen molar-refractivity contribution in [3.63, 3.8) is 0 Å². The number of Topliss-reactive ketones (excluding diaryl/α,β-unsaturated/α-hetero) is 1. The van der Waals surface area contributed by atoms with Gasteiger partial charge in [0.05, 0.1) is 0 Å². The Hall–Kier alpha value is -3.66. The summed E-state index contributed by atoms with van der Waals surface area (Å²) in [4.78, 5) is 12.7. The van der Waals surface area contributed by atoms with Crippen LogP contribution >= 0.6 is 0 Å². The fourth-order valence-electron chi connectivity index (χ4n) is 3.24. The Morgan fingerprint density at radius 3 is 1.76 bits per heavy atom. The van der Waals surface area contributed by atoms with Crippen molar-refractivity contribution in [1.29, 1.82) is 0 Å². The predicted octanol–water partition coefficient (Wildman–Crippen LogP) is 6.53. The highest BCUT2D eigenvalue weighted by molar-refractivity contribution is 6.16. The summed E-state index contributed by atoms with van der Waals surface area (Å²) in [7, 11) is 0. The number of hydrogen-bond acceptors (Lipinski definition) is 1. The predicted molar refractivity (Wildman–Crippen MR) is 108 cm³/mol. The normalized spacial score (nSPS) is 14.4. The molecular weight excluding hydrogens is 373 g/mol. The third-order valence-corrected chi connectivity index (χ3v) is 4.71. The van der Waals surface area contributed by atoms with Gasteiger partial charge in [-0.3, -0.25) is 4.79 Å². The molecule has 29 heavy (non-hydrogen) atoms. The molecule has 0 heterocycles. The lowest BCUT2D eigenvalue weighted by molar-refractivity contribution is 0.103. The number of halogens is 3. The number of carbonyl (C=O) groups is 1. The van der Waals surface area contributed by atoms with Crippen LogP contribution in [0.3, 0.4) is 0 Å². The largest absolute Gasteiger partial charge is 0.289 e. The fraction of sp³-hybridized carbons (Fsp3) is 0. The van der Waals surface area contributed by atoms with Crippen LogP contribution in [0.25, 0.3) is 11.4 Å². The van der Waals surface area contributed by atoms with E-state index in [1.165, 1.54) is 36.4 Å². The van der Waals surface area contributed by atoms with Crippen LogP contribution in [-0.4, -0.2) is 5.78 Å². The lowest BCUT2D eigenvalue weighted by Crippen LogP contribution is -2.09. The first-order valence-electron chi connectivity index (χ1n) is 8.98. The van der Waals surface area contributed by atoms with E-state index in [4.69, 9.17) is 0 Å². The monoisotopic (exact) mass is 388 g/mol. The summed E-state index contributed by atoms with van der Waals surface area (Å²) in [6.45, 7) is 0. The van der Waals surface area contributed by atoms with Gasteiger partial charge in [-0.25, -0.2) is 13.2 Å². The van der Waals surface area contributed by atoms with Gasteiger partial charge in [-0.15, -0.1) is 0 Å². The first-order valence-corrected chi connectivity index (χ1v) is 8.98. The molecule has 0 saturated carbocycles. The van der Waals surface area contributed by atoms with Crippen LogP contribution in [0.2, 0.25) is 0 Å². The fourth-order valence-corrected chi connectivity index (χ4v) is 3.24. The molecular formula is C25H15F3O. The average molecular weight is 388 g/mol. The summed E-state index contributed by atoms with van der Waals surface area (Å²) in [6, 6.07) is 18.2. The molecule has 3 aromatic rings. The van der Waals surface area contributed by atoms with E-state index in [0.717, 1.165) is 0 Å². The van der Waals surface area contributed by atoms with Crippen LogP contribution in [0.15, 0.2) is 96.6 Å². The molecule has 0 aromatic heterocycles. The minimum absolute atomic E-state index is 0.197. The van der Waals surface area contributed by atoms with Crippen molar-refractivity contribution in [2.24, 2.45) is 0 Å². The molecule has 0 saturated heterocycles. The number of ketones is 1. The molecule has 1 aliphatic rings. The summed E-state index contributed by atoms with van der Waals surface area (Å²) < 4.78 is 41.1. The van der Waals surface area contributed by atoms with Gasteiger partial charge in [-0.05, 0) is 47.0 Å². The molecule has 0 fully saturated rings. The molecule has 3 aromatic carbocycles. The van der Waals surface area contributed by atoms with Crippen LogP contribution in [-0.2, 0) is 0 Å². The SMILES string of the molecule is O=C1/C(=C/C=C(c2ccc(F)cc2)c2ccc(F)cc2)C=C(F)c2ccccc21. The van der Waals surface area contributed by atoms with Gasteiger partial charge in [-0.1, -0.05) is 60.7 Å². The summed E-state index contributed by atoms with van der Waals surface area (Å²) >= 11 is 0. The minimum atomic E-state index is -0.482. The zero-order chi connectivity index (χ0) is 20.4. The second-order valence-corrected chi connectivity index (χ2v) is 6.58. The molecule has 0 unspecified atom stereocenters. The van der Waals surface area contributed by atoms with Gasteiger partial charge in [0.1, 0.15) is 17.5 Å². The molecule has 1 aliphatic carbocycles. The standard InChI is InChI=1S/C25H15F3O/c26-19-10-5-16(6-11-19)21(17-7-12-20(27)13-8-17)14-9-18-15-24(28)22-3-1-2-4-23(22)25(18)29/h1-15H/b18-9+. The van der Waals surface area contributed by atoms with Gasteiger partial charge in [-0.2, -0.15) is 0 Å². The Morgan fingerprint density at radius 2 is 1.21 bits per heavy atom. The van der Waals surface area contributed by atoms with Crippen LogP contribution in [0, 0.1) is 11.6 Å². The van der Waals surface area contributed by atoms with E-state index >= 15 is 0 Å². The Balaban J connectivity index is 1.81. The molecule has 1 nitrogen and oxygen atoms in total. The second kappa shape index (κ2) is 7.76. The molecule has 0 radical (unpaired) electrons. The van der Waals surface area contributed by atoms with E-state index in [1.807, 2.05) is 0 Å². The summed E-state index contributed by atoms with van der Waals surface area (Å²) in [5.41, 5.74) is 2.79. The smallest absolute Gasteiger partial charge is 0.193 e. The lowest BCUT2D eigenvalue weighted by atomic mass is 9.90. The molecule has 4 rings (SSSR count). The number of hydrogen-bond donors (Lipinski definition) is 0. The molecule has 0 spiro atoms. The molecule has 0 bridgehead atoms. The Labute approximate surface area is 166 Å². The highest BCUT2D eigenvalue weighted by Crippen LogP contribution is 2.31. The van der Waals surface area contributed by atoms with E-state index in [1.54, 1.807) is 54.6 Å². The average Bonchev–Trinajstić information content (AvgIpc) is 2.74. The minimum Gasteiger partial charge on any atom is -0.289 e. The van der Waals surface area contributed by atoms with Crippen molar-refractivity contribution in [3.05, 3.63) is 130 Å². The quantitative estimate of drug-likeness (QED) is 0.466. The number of rotatable bonds is 3. The molecule has 0 aliphatic heterocycles. The lowest BCUT2D eigenvalue weighted by Gasteiger charge is -2.13. The Morgan fingerprint density at radius 1 is 0.690 bits per heavy atom. The van der Waals surface area contributed by atoms with Crippen LogP contribution < -0.4 is 0 Å². The third kappa shape index (κ3) is 3.83. The topological polar surface area (TPSA) is 17.1 Å². The summed E-state index contributed by atoms with van der Waals surface area (Å²) in [6.07, 6.45) is 4.39. The molecule has 0 atom stereocenters. The molecule has 0 amide bonds. The van der Waals surface area contributed by atoms with E-state index in [0.29, 0.717) is 22.3 Å². The van der Waals surface area contributed by atoms with E-state index < -0.39 is 5.83 Å². The Kier molecular flexibility index (Phi) is 5.00. The van der Waals surface area contributed by atoms with Gasteiger partial charge in [0.15, 0.2) is 5.78 Å². The highest BCUT2D eigenvalue weighted by atomic mass is 19.1. The number of fused-ring (bicyclic) bond motifs is 1. The van der Waals surface area contributed by atoms with Crippen molar-refractivity contribution in [2.75, 3.05) is 0 Å². The van der Waals surface area contributed by atoms with E-state index in [2.05, 4.69) is 0 Å². The first kappa shape index (κ1) is 18.7. The Bertz CT molecular complexity index is 1120. The molecule has 0 N–H and O–H groups in total. The van der Waals surface area contributed by atoms with Gasteiger partial charge in [0.2, 0.25) is 0 Å².